The fourth-order valence-corrected chi connectivity index (χ4v) is 3.31. The molecule has 0 aromatic carbocycles. The minimum atomic E-state index is -1.19. The molecule has 1 aromatic heterocycles. The minimum absolute atomic E-state index is 0.171. The number of carboxylic acid groups (broad SMARTS) is 1. The van der Waals surface area contributed by atoms with Gasteiger partial charge in [-0.05, 0) is 37.8 Å². The molecule has 1 heterocycles. The molecule has 2 fully saturated rings. The number of hydrogen-bond donors (Lipinski definition) is 1. The molecule has 7 nitrogen and oxygen atoms in total. The van der Waals surface area contributed by atoms with Crippen LogP contribution in [0.2, 0.25) is 0 Å². The maximum atomic E-state index is 10.5. The molecule has 0 atom stereocenters. The first-order chi connectivity index (χ1) is 13.2. The predicted octanol–water partition coefficient (Wildman–Crippen LogP) is 4.54. The average molecular weight is 375 g/mol. The molecule has 148 valence electrons. The van der Waals surface area contributed by atoms with Gasteiger partial charge in [0.15, 0.2) is 5.76 Å². The quantitative estimate of drug-likeness (QED) is 0.603. The van der Waals surface area contributed by atoms with Crippen molar-refractivity contribution in [1.29, 1.82) is 0 Å². The molecule has 2 aliphatic carbocycles. The van der Waals surface area contributed by atoms with Crippen molar-refractivity contribution in [1.82, 2.24) is 0 Å². The Hall–Kier alpha value is -2.40. The van der Waals surface area contributed by atoms with Crippen LogP contribution in [0.3, 0.4) is 0 Å². The molecular formula is C20H29N3O4. The van der Waals surface area contributed by atoms with Crippen LogP contribution in [0.5, 0.6) is 0 Å². The van der Waals surface area contributed by atoms with Crippen LogP contribution in [-0.4, -0.2) is 42.0 Å². The van der Waals surface area contributed by atoms with Crippen LogP contribution in [-0.2, 0) is 9.63 Å². The Balaban J connectivity index is 0.000000199. The molecule has 2 aliphatic rings. The second-order valence-electron chi connectivity index (χ2n) is 6.85. The zero-order chi connectivity index (χ0) is 19.3. The van der Waals surface area contributed by atoms with Gasteiger partial charge >= 0.3 is 5.97 Å². The van der Waals surface area contributed by atoms with Crippen molar-refractivity contribution in [2.45, 2.75) is 76.3 Å². The molecule has 0 unspecified atom stereocenters. The lowest BCUT2D eigenvalue weighted by molar-refractivity contribution is -0.129. The fraction of sp³-hybridized carbons (Fsp3) is 0.650. The predicted molar refractivity (Wildman–Crippen MR) is 103 cm³/mol. The summed E-state index contributed by atoms with van der Waals surface area (Å²) in [7, 11) is 1.27. The highest BCUT2D eigenvalue weighted by Crippen LogP contribution is 2.21. The van der Waals surface area contributed by atoms with E-state index in [1.807, 2.05) is 0 Å². The lowest BCUT2D eigenvalue weighted by atomic mass is 9.96. The van der Waals surface area contributed by atoms with E-state index in [4.69, 9.17) is 9.52 Å². The van der Waals surface area contributed by atoms with Gasteiger partial charge in [-0.1, -0.05) is 43.7 Å². The van der Waals surface area contributed by atoms with Crippen molar-refractivity contribution in [3.63, 3.8) is 0 Å². The van der Waals surface area contributed by atoms with Crippen molar-refractivity contribution in [3.8, 4) is 0 Å². The molecule has 27 heavy (non-hydrogen) atoms. The summed E-state index contributed by atoms with van der Waals surface area (Å²) in [5.41, 5.74) is -0.248. The summed E-state index contributed by atoms with van der Waals surface area (Å²) >= 11 is 0. The highest BCUT2D eigenvalue weighted by molar-refractivity contribution is 6.41. The number of oxime groups is 1. The molecule has 1 N–H and O–H groups in total. The van der Waals surface area contributed by atoms with E-state index in [0.717, 1.165) is 0 Å². The Kier molecular flexibility index (Phi) is 9.35. The number of aliphatic carboxylic acids is 1. The maximum absolute atomic E-state index is 10.5. The first kappa shape index (κ1) is 20.9. The van der Waals surface area contributed by atoms with Gasteiger partial charge in [-0.2, -0.15) is 0 Å². The summed E-state index contributed by atoms with van der Waals surface area (Å²) < 4.78 is 4.82. The SMILES string of the molecule is C(=NC1CCCCC1)=NC1CCCCC1.CON=C(C(=O)O)c1ccco1. The van der Waals surface area contributed by atoms with Gasteiger partial charge in [-0.15, -0.1) is 0 Å². The van der Waals surface area contributed by atoms with Gasteiger partial charge in [-0.25, -0.2) is 14.8 Å². The third-order valence-electron chi connectivity index (χ3n) is 4.77. The number of nitrogens with zero attached hydrogens (tertiary/aromatic N) is 3. The summed E-state index contributed by atoms with van der Waals surface area (Å²) in [6.45, 7) is 0. The summed E-state index contributed by atoms with van der Waals surface area (Å²) in [5.74, 6) is -1.02. The zero-order valence-electron chi connectivity index (χ0n) is 16.0. The molecule has 0 spiro atoms. The van der Waals surface area contributed by atoms with Crippen molar-refractivity contribution < 1.29 is 19.2 Å². The van der Waals surface area contributed by atoms with Crippen molar-refractivity contribution >= 4 is 17.7 Å². The van der Waals surface area contributed by atoms with Gasteiger partial charge < -0.3 is 14.4 Å². The maximum Gasteiger partial charge on any atom is 0.361 e. The van der Waals surface area contributed by atoms with Crippen LogP contribution in [0.15, 0.2) is 38.0 Å². The van der Waals surface area contributed by atoms with Gasteiger partial charge in [0.2, 0.25) is 5.71 Å². The van der Waals surface area contributed by atoms with Crippen LogP contribution in [0.1, 0.15) is 70.0 Å². The Morgan fingerprint density at radius 3 is 2.04 bits per heavy atom. The van der Waals surface area contributed by atoms with E-state index in [-0.39, 0.29) is 11.5 Å². The summed E-state index contributed by atoms with van der Waals surface area (Å²) in [5, 5.41) is 11.9. The van der Waals surface area contributed by atoms with Gasteiger partial charge in [0.25, 0.3) is 0 Å². The lowest BCUT2D eigenvalue weighted by Crippen LogP contribution is -2.13. The van der Waals surface area contributed by atoms with E-state index in [1.54, 1.807) is 6.07 Å². The number of aliphatic imine (C=N–C) groups is 2. The Morgan fingerprint density at radius 1 is 1.07 bits per heavy atom. The van der Waals surface area contributed by atoms with Crippen LogP contribution in [0.25, 0.3) is 0 Å². The van der Waals surface area contributed by atoms with Crippen LogP contribution < -0.4 is 0 Å². The number of rotatable bonds is 5. The van der Waals surface area contributed by atoms with Gasteiger partial charge in [0, 0.05) is 0 Å². The van der Waals surface area contributed by atoms with E-state index < -0.39 is 5.97 Å². The monoisotopic (exact) mass is 375 g/mol. The van der Waals surface area contributed by atoms with Crippen LogP contribution in [0.4, 0.5) is 0 Å². The van der Waals surface area contributed by atoms with E-state index >= 15 is 0 Å². The van der Waals surface area contributed by atoms with Gasteiger partial charge in [-0.3, -0.25) is 0 Å². The molecule has 7 heteroatoms. The highest BCUT2D eigenvalue weighted by Gasteiger charge is 2.16. The molecule has 0 bridgehead atoms. The summed E-state index contributed by atoms with van der Waals surface area (Å²) in [6.07, 6.45) is 14.6. The van der Waals surface area contributed by atoms with E-state index in [0.29, 0.717) is 12.1 Å². The minimum Gasteiger partial charge on any atom is -0.476 e. The van der Waals surface area contributed by atoms with Crippen LogP contribution in [0, 0.1) is 0 Å². The Morgan fingerprint density at radius 2 is 1.63 bits per heavy atom. The van der Waals surface area contributed by atoms with E-state index in [9.17, 15) is 4.79 Å². The fourth-order valence-electron chi connectivity index (χ4n) is 3.31. The standard InChI is InChI=1S/C13H22N2.C7H7NO4/c1-3-7-12(8-4-1)14-11-15-13-9-5-2-6-10-13;1-11-8-6(7(9)10)5-3-2-4-12-5/h12-13H,1-10H2;2-4H,1H3,(H,9,10). The van der Waals surface area contributed by atoms with Gasteiger partial charge in [0.1, 0.15) is 7.11 Å². The molecule has 3 rings (SSSR count). The Bertz CT molecular complexity index is 614. The van der Waals surface area contributed by atoms with Gasteiger partial charge in [0.05, 0.1) is 24.4 Å². The molecular weight excluding hydrogens is 346 g/mol. The summed E-state index contributed by atoms with van der Waals surface area (Å²) in [4.78, 5) is 23.8. The second kappa shape index (κ2) is 12.1. The molecule has 0 radical (unpaired) electrons. The number of carboxylic acids is 1. The lowest BCUT2D eigenvalue weighted by Gasteiger charge is -2.17. The molecule has 1 aromatic rings. The highest BCUT2D eigenvalue weighted by atomic mass is 16.6. The number of furan rings is 1. The first-order valence-electron chi connectivity index (χ1n) is 9.73. The molecule has 0 aliphatic heterocycles. The van der Waals surface area contributed by atoms with Crippen LogP contribution >= 0.6 is 0 Å². The van der Waals surface area contributed by atoms with Crippen molar-refractivity contribution in [2.75, 3.05) is 7.11 Å². The number of hydrogen-bond acceptors (Lipinski definition) is 6. The van der Waals surface area contributed by atoms with E-state index in [2.05, 4.69) is 26.0 Å². The summed E-state index contributed by atoms with van der Waals surface area (Å²) in [6, 6.07) is 7.11. The molecule has 0 amide bonds. The smallest absolute Gasteiger partial charge is 0.361 e. The number of carbonyl (C=O) groups is 1. The zero-order valence-corrected chi connectivity index (χ0v) is 16.0. The largest absolute Gasteiger partial charge is 0.476 e. The van der Waals surface area contributed by atoms with Crippen molar-refractivity contribution in [3.05, 3.63) is 24.2 Å². The normalized spacial score (nSPS) is 18.6. The second-order valence-corrected chi connectivity index (χ2v) is 6.85. The van der Waals surface area contributed by atoms with E-state index in [1.165, 1.54) is 83.6 Å². The first-order valence-corrected chi connectivity index (χ1v) is 9.73. The third kappa shape index (κ3) is 7.79. The third-order valence-corrected chi connectivity index (χ3v) is 4.77. The molecule has 0 saturated heterocycles. The van der Waals surface area contributed by atoms with Crippen molar-refractivity contribution in [2.24, 2.45) is 15.1 Å². The Labute approximate surface area is 160 Å². The average Bonchev–Trinajstić information content (AvgIpc) is 3.22. The molecule has 2 saturated carbocycles. The topological polar surface area (TPSA) is 96.8 Å².